The summed E-state index contributed by atoms with van der Waals surface area (Å²) in [4.78, 5) is 10.2. The fraction of sp³-hybridized carbons (Fsp3) is 0.308. The van der Waals surface area contributed by atoms with E-state index in [0.29, 0.717) is 5.95 Å². The maximum absolute atomic E-state index is 4.48. The zero-order valence-corrected chi connectivity index (χ0v) is 13.6. The standard InChI is InChI=1S/C13H14BrN5S/c1-3-9-7-15-12(20-9)8(2)16-13-17-11-10(14)5-4-6-19(11)18-13/h4-8H,3H2,1-2H3,(H,16,18). The first-order chi connectivity index (χ1) is 9.67. The average Bonchev–Trinajstić information content (AvgIpc) is 3.05. The summed E-state index contributed by atoms with van der Waals surface area (Å²) in [5, 5.41) is 8.76. The minimum absolute atomic E-state index is 0.0940. The van der Waals surface area contributed by atoms with Gasteiger partial charge in [-0.2, -0.15) is 4.98 Å². The Labute approximate surface area is 129 Å². The molecular weight excluding hydrogens is 338 g/mol. The number of rotatable bonds is 4. The Balaban J connectivity index is 1.83. The number of anilines is 1. The summed E-state index contributed by atoms with van der Waals surface area (Å²) in [6.45, 7) is 4.20. The van der Waals surface area contributed by atoms with Crippen LogP contribution in [-0.4, -0.2) is 19.6 Å². The second-order valence-corrected chi connectivity index (χ2v) is 6.45. The third kappa shape index (κ3) is 2.55. The lowest BCUT2D eigenvalue weighted by Crippen LogP contribution is -2.07. The molecule has 1 unspecified atom stereocenters. The van der Waals surface area contributed by atoms with Crippen LogP contribution in [0.1, 0.15) is 29.8 Å². The number of hydrogen-bond donors (Lipinski definition) is 1. The Bertz CT molecular complexity index is 735. The van der Waals surface area contributed by atoms with Crippen molar-refractivity contribution in [3.8, 4) is 0 Å². The van der Waals surface area contributed by atoms with Crippen LogP contribution in [0.25, 0.3) is 5.65 Å². The van der Waals surface area contributed by atoms with Gasteiger partial charge in [0.1, 0.15) is 5.01 Å². The number of halogens is 1. The van der Waals surface area contributed by atoms with Crippen molar-refractivity contribution in [3.63, 3.8) is 0 Å². The van der Waals surface area contributed by atoms with Crippen LogP contribution in [0.5, 0.6) is 0 Å². The molecule has 1 atom stereocenters. The second-order valence-electron chi connectivity index (χ2n) is 4.44. The van der Waals surface area contributed by atoms with E-state index in [9.17, 15) is 0 Å². The lowest BCUT2D eigenvalue weighted by Gasteiger charge is -2.08. The van der Waals surface area contributed by atoms with Crippen LogP contribution in [-0.2, 0) is 6.42 Å². The molecule has 0 saturated heterocycles. The largest absolute Gasteiger partial charge is 0.344 e. The molecule has 3 aromatic rings. The van der Waals surface area contributed by atoms with E-state index in [0.717, 1.165) is 21.5 Å². The van der Waals surface area contributed by atoms with E-state index in [4.69, 9.17) is 0 Å². The summed E-state index contributed by atoms with van der Waals surface area (Å²) in [5.74, 6) is 0.609. The summed E-state index contributed by atoms with van der Waals surface area (Å²) in [7, 11) is 0. The monoisotopic (exact) mass is 351 g/mol. The highest BCUT2D eigenvalue weighted by molar-refractivity contribution is 9.10. The van der Waals surface area contributed by atoms with Gasteiger partial charge < -0.3 is 5.32 Å². The number of nitrogens with zero attached hydrogens (tertiary/aromatic N) is 4. The lowest BCUT2D eigenvalue weighted by molar-refractivity contribution is 0.842. The normalized spacial score (nSPS) is 12.8. The Morgan fingerprint density at radius 1 is 1.50 bits per heavy atom. The van der Waals surface area contributed by atoms with Gasteiger partial charge in [0, 0.05) is 17.3 Å². The predicted molar refractivity (Wildman–Crippen MR) is 84.2 cm³/mol. The van der Waals surface area contributed by atoms with Crippen molar-refractivity contribution < 1.29 is 0 Å². The molecule has 0 bridgehead atoms. The number of hydrogen-bond acceptors (Lipinski definition) is 5. The van der Waals surface area contributed by atoms with Crippen molar-refractivity contribution in [2.75, 3.05) is 5.32 Å². The van der Waals surface area contributed by atoms with Gasteiger partial charge in [0.05, 0.1) is 10.5 Å². The minimum atomic E-state index is 0.0940. The Kier molecular flexibility index (Phi) is 3.71. The van der Waals surface area contributed by atoms with E-state index in [1.165, 1.54) is 4.88 Å². The van der Waals surface area contributed by atoms with Crippen molar-refractivity contribution in [1.82, 2.24) is 19.6 Å². The maximum atomic E-state index is 4.48. The maximum Gasteiger partial charge on any atom is 0.243 e. The average molecular weight is 352 g/mol. The highest BCUT2D eigenvalue weighted by Gasteiger charge is 2.13. The van der Waals surface area contributed by atoms with E-state index in [2.05, 4.69) is 50.2 Å². The van der Waals surface area contributed by atoms with Crippen LogP contribution in [0.15, 0.2) is 29.0 Å². The molecule has 3 rings (SSSR count). The Morgan fingerprint density at radius 2 is 2.35 bits per heavy atom. The molecule has 1 N–H and O–H groups in total. The second kappa shape index (κ2) is 5.49. The summed E-state index contributed by atoms with van der Waals surface area (Å²) in [6.07, 6.45) is 4.83. The van der Waals surface area contributed by atoms with Gasteiger partial charge in [0.2, 0.25) is 5.95 Å². The van der Waals surface area contributed by atoms with Crippen molar-refractivity contribution in [2.24, 2.45) is 0 Å². The van der Waals surface area contributed by atoms with E-state index >= 15 is 0 Å². The molecule has 0 fully saturated rings. The number of nitrogens with one attached hydrogen (secondary N) is 1. The molecule has 0 aromatic carbocycles. The van der Waals surface area contributed by atoms with Gasteiger partial charge in [-0.3, -0.25) is 0 Å². The van der Waals surface area contributed by atoms with Gasteiger partial charge >= 0.3 is 0 Å². The molecule has 0 spiro atoms. The highest BCUT2D eigenvalue weighted by atomic mass is 79.9. The SMILES string of the molecule is CCc1cnc(C(C)Nc2nc3c(Br)cccn3n2)s1. The smallest absolute Gasteiger partial charge is 0.243 e. The molecule has 104 valence electrons. The van der Waals surface area contributed by atoms with Crippen LogP contribution in [0.3, 0.4) is 0 Å². The topological polar surface area (TPSA) is 55.1 Å². The van der Waals surface area contributed by atoms with Gasteiger partial charge in [-0.1, -0.05) is 6.92 Å². The summed E-state index contributed by atoms with van der Waals surface area (Å²) in [6, 6.07) is 3.97. The van der Waals surface area contributed by atoms with Gasteiger partial charge in [-0.25, -0.2) is 9.50 Å². The van der Waals surface area contributed by atoms with Crippen LogP contribution in [0.4, 0.5) is 5.95 Å². The number of fused-ring (bicyclic) bond motifs is 1. The first kappa shape index (κ1) is 13.5. The molecule has 3 aromatic heterocycles. The summed E-state index contributed by atoms with van der Waals surface area (Å²) >= 11 is 5.20. The van der Waals surface area contributed by atoms with E-state index in [1.807, 2.05) is 24.5 Å². The molecule has 0 amide bonds. The van der Waals surface area contributed by atoms with Crippen molar-refractivity contribution in [1.29, 1.82) is 0 Å². The summed E-state index contributed by atoms with van der Waals surface area (Å²) in [5.41, 5.74) is 0.801. The fourth-order valence-electron chi connectivity index (χ4n) is 1.88. The van der Waals surface area contributed by atoms with E-state index in [-0.39, 0.29) is 6.04 Å². The Hall–Kier alpha value is -1.47. The third-order valence-electron chi connectivity index (χ3n) is 2.95. The van der Waals surface area contributed by atoms with Gasteiger partial charge in [0.15, 0.2) is 5.65 Å². The highest BCUT2D eigenvalue weighted by Crippen LogP contribution is 2.24. The zero-order chi connectivity index (χ0) is 14.1. The summed E-state index contributed by atoms with van der Waals surface area (Å²) < 4.78 is 2.68. The van der Waals surface area contributed by atoms with Crippen LogP contribution in [0, 0.1) is 0 Å². The molecule has 0 aliphatic carbocycles. The fourth-order valence-corrected chi connectivity index (χ4v) is 3.16. The Morgan fingerprint density at radius 3 is 3.05 bits per heavy atom. The number of pyridine rings is 1. The van der Waals surface area contributed by atoms with Crippen molar-refractivity contribution in [2.45, 2.75) is 26.3 Å². The van der Waals surface area contributed by atoms with Crippen LogP contribution < -0.4 is 5.32 Å². The number of aromatic nitrogens is 4. The molecule has 7 heteroatoms. The molecule has 0 saturated carbocycles. The van der Waals surface area contributed by atoms with Gasteiger partial charge in [-0.05, 0) is 41.4 Å². The molecule has 5 nitrogen and oxygen atoms in total. The van der Waals surface area contributed by atoms with E-state index in [1.54, 1.807) is 15.9 Å². The quantitative estimate of drug-likeness (QED) is 0.778. The predicted octanol–water partition coefficient (Wildman–Crippen LogP) is 3.68. The van der Waals surface area contributed by atoms with E-state index < -0.39 is 0 Å². The van der Waals surface area contributed by atoms with Crippen LogP contribution >= 0.6 is 27.3 Å². The molecule has 20 heavy (non-hydrogen) atoms. The zero-order valence-electron chi connectivity index (χ0n) is 11.2. The third-order valence-corrected chi connectivity index (χ3v) is 4.89. The van der Waals surface area contributed by atoms with Crippen molar-refractivity contribution >= 4 is 38.9 Å². The molecule has 0 radical (unpaired) electrons. The number of aryl methyl sites for hydroxylation is 1. The minimum Gasteiger partial charge on any atom is -0.344 e. The molecule has 0 aliphatic heterocycles. The van der Waals surface area contributed by atoms with Crippen molar-refractivity contribution in [3.05, 3.63) is 38.9 Å². The molecular formula is C13H14BrN5S. The lowest BCUT2D eigenvalue weighted by atomic mass is 10.3. The molecule has 0 aliphatic rings. The molecule has 3 heterocycles. The number of thiazole rings is 1. The van der Waals surface area contributed by atoms with Crippen LogP contribution in [0.2, 0.25) is 0 Å². The van der Waals surface area contributed by atoms with Gasteiger partial charge in [0.25, 0.3) is 0 Å². The first-order valence-electron chi connectivity index (χ1n) is 6.39. The van der Waals surface area contributed by atoms with Gasteiger partial charge in [-0.15, -0.1) is 16.4 Å². The first-order valence-corrected chi connectivity index (χ1v) is 8.00.